The van der Waals surface area contributed by atoms with Crippen molar-refractivity contribution in [3.05, 3.63) is 22.7 Å². The van der Waals surface area contributed by atoms with Gasteiger partial charge in [-0.15, -0.1) is 11.3 Å². The number of benzene rings is 1. The lowest BCUT2D eigenvalue weighted by atomic mass is 10.3. The Labute approximate surface area is 106 Å². The highest BCUT2D eigenvalue weighted by Gasteiger charge is 2.28. The number of fused-ring (bicyclic) bond motifs is 1. The number of rotatable bonds is 1. The van der Waals surface area contributed by atoms with Crippen LogP contribution in [0.2, 0.25) is 4.47 Å². The molecule has 1 saturated heterocycles. The largest absolute Gasteiger partial charge is 0.305 e. The molecule has 0 radical (unpaired) electrons. The number of hydrogen-bond acceptors (Lipinski definition) is 4. The van der Waals surface area contributed by atoms with Gasteiger partial charge < -0.3 is 4.90 Å². The lowest BCUT2D eigenvalue weighted by Gasteiger charge is -2.14. The predicted octanol–water partition coefficient (Wildman–Crippen LogP) is 2.26. The Hall–Kier alpha value is -1.46. The summed E-state index contributed by atoms with van der Waals surface area (Å²) in [5.74, 6) is -0.192. The number of halogens is 1. The maximum Gasteiger partial charge on any atom is 0.234 e. The monoisotopic (exact) mass is 266 g/mol. The van der Waals surface area contributed by atoms with Crippen molar-refractivity contribution < 1.29 is 9.59 Å². The third kappa shape index (κ3) is 1.81. The van der Waals surface area contributed by atoms with Crippen LogP contribution in [0.25, 0.3) is 10.2 Å². The van der Waals surface area contributed by atoms with E-state index in [0.717, 1.165) is 15.9 Å². The molecule has 1 aromatic carbocycles. The van der Waals surface area contributed by atoms with E-state index >= 15 is 0 Å². The minimum atomic E-state index is -0.148. The lowest BCUT2D eigenvalue weighted by Crippen LogP contribution is -2.24. The molecule has 0 unspecified atom stereocenters. The highest BCUT2D eigenvalue weighted by molar-refractivity contribution is 7.22. The van der Waals surface area contributed by atoms with Gasteiger partial charge in [-0.2, -0.15) is 0 Å². The molecule has 2 heterocycles. The Morgan fingerprint density at radius 2 is 2.18 bits per heavy atom. The molecule has 0 N–H and O–H groups in total. The van der Waals surface area contributed by atoms with Crippen LogP contribution in [0.5, 0.6) is 0 Å². The topological polar surface area (TPSA) is 50.3 Å². The number of amides is 1. The van der Waals surface area contributed by atoms with Gasteiger partial charge in [0.25, 0.3) is 0 Å². The third-order valence-electron chi connectivity index (χ3n) is 2.64. The number of hydrogen-bond donors (Lipinski definition) is 0. The number of carbonyl (C=O) groups is 2. The van der Waals surface area contributed by atoms with Gasteiger partial charge in [-0.1, -0.05) is 11.6 Å². The summed E-state index contributed by atoms with van der Waals surface area (Å²) in [4.78, 5) is 28.4. The second-order valence-corrected chi connectivity index (χ2v) is 5.43. The summed E-state index contributed by atoms with van der Waals surface area (Å²) in [6, 6.07) is 5.44. The lowest BCUT2D eigenvalue weighted by molar-refractivity contribution is -0.121. The number of nitrogens with zero attached hydrogens (tertiary/aromatic N) is 2. The summed E-state index contributed by atoms with van der Waals surface area (Å²) in [5.41, 5.74) is 1.54. The fourth-order valence-electron chi connectivity index (χ4n) is 1.87. The quantitative estimate of drug-likeness (QED) is 0.744. The number of ketones is 1. The number of thiazole rings is 1. The molecule has 1 aliphatic heterocycles. The molecule has 17 heavy (non-hydrogen) atoms. The Bertz CT molecular complexity index is 637. The van der Waals surface area contributed by atoms with Crippen molar-refractivity contribution in [3.63, 3.8) is 0 Å². The van der Waals surface area contributed by atoms with E-state index in [1.54, 1.807) is 6.07 Å². The normalized spacial score (nSPS) is 16.2. The van der Waals surface area contributed by atoms with Crippen molar-refractivity contribution >= 4 is 50.5 Å². The van der Waals surface area contributed by atoms with Crippen LogP contribution in [0.4, 0.5) is 5.69 Å². The molecule has 0 bridgehead atoms. The van der Waals surface area contributed by atoms with Crippen LogP contribution >= 0.6 is 22.9 Å². The van der Waals surface area contributed by atoms with Crippen molar-refractivity contribution in [2.45, 2.75) is 6.42 Å². The molecular formula is C11H7ClN2O2S. The van der Waals surface area contributed by atoms with Crippen LogP contribution in [0.3, 0.4) is 0 Å². The Morgan fingerprint density at radius 1 is 1.35 bits per heavy atom. The SMILES string of the molecule is O=C1CC(=O)N(c2ccc3nc(Cl)sc3c2)C1. The molecule has 86 valence electrons. The summed E-state index contributed by atoms with van der Waals surface area (Å²) in [7, 11) is 0. The molecule has 1 aromatic heterocycles. The van der Waals surface area contributed by atoms with Gasteiger partial charge >= 0.3 is 0 Å². The zero-order chi connectivity index (χ0) is 12.0. The van der Waals surface area contributed by atoms with E-state index in [0.29, 0.717) is 4.47 Å². The molecule has 1 fully saturated rings. The molecule has 0 spiro atoms. The standard InChI is InChI=1S/C11H7ClN2O2S/c12-11-13-8-2-1-6(3-9(8)17-11)14-5-7(15)4-10(14)16/h1-3H,4-5H2. The molecule has 2 aromatic rings. The smallest absolute Gasteiger partial charge is 0.234 e. The van der Waals surface area contributed by atoms with Crippen LogP contribution in [0.15, 0.2) is 18.2 Å². The van der Waals surface area contributed by atoms with Crippen molar-refractivity contribution in [2.75, 3.05) is 11.4 Å². The van der Waals surface area contributed by atoms with Gasteiger partial charge in [-0.05, 0) is 18.2 Å². The molecule has 0 atom stereocenters. The van der Waals surface area contributed by atoms with Gasteiger partial charge in [0.2, 0.25) is 5.91 Å². The fourth-order valence-corrected chi connectivity index (χ4v) is 2.94. The zero-order valence-corrected chi connectivity index (χ0v) is 10.2. The maximum atomic E-state index is 11.6. The van der Waals surface area contributed by atoms with Crippen LogP contribution in [0.1, 0.15) is 6.42 Å². The van der Waals surface area contributed by atoms with Crippen LogP contribution in [-0.2, 0) is 9.59 Å². The van der Waals surface area contributed by atoms with Crippen LogP contribution < -0.4 is 4.90 Å². The highest BCUT2D eigenvalue weighted by atomic mass is 35.5. The summed E-state index contributed by atoms with van der Waals surface area (Å²) in [6.07, 6.45) is 0.00147. The third-order valence-corrected chi connectivity index (χ3v) is 3.76. The van der Waals surface area contributed by atoms with E-state index in [1.807, 2.05) is 12.1 Å². The van der Waals surface area contributed by atoms with E-state index in [4.69, 9.17) is 11.6 Å². The number of Topliss-reactive ketones (excluding diaryl/α,β-unsaturated/α-hetero) is 1. The van der Waals surface area contributed by atoms with Crippen molar-refractivity contribution in [3.8, 4) is 0 Å². The minimum Gasteiger partial charge on any atom is -0.305 e. The molecule has 4 nitrogen and oxygen atoms in total. The molecular weight excluding hydrogens is 260 g/mol. The zero-order valence-electron chi connectivity index (χ0n) is 8.64. The van der Waals surface area contributed by atoms with Gasteiger partial charge in [-0.25, -0.2) is 4.98 Å². The molecule has 6 heteroatoms. The first-order chi connectivity index (χ1) is 8.13. The second kappa shape index (κ2) is 3.78. The summed E-state index contributed by atoms with van der Waals surface area (Å²) >= 11 is 7.18. The minimum absolute atomic E-state index is 0.00147. The van der Waals surface area contributed by atoms with E-state index in [2.05, 4.69) is 4.98 Å². The number of anilines is 1. The summed E-state index contributed by atoms with van der Waals surface area (Å²) < 4.78 is 1.39. The van der Waals surface area contributed by atoms with Crippen molar-refractivity contribution in [2.24, 2.45) is 0 Å². The Morgan fingerprint density at radius 3 is 2.88 bits per heavy atom. The van der Waals surface area contributed by atoms with Gasteiger partial charge in [0.05, 0.1) is 23.2 Å². The Balaban J connectivity index is 2.05. The Kier molecular flexibility index (Phi) is 2.38. The molecule has 0 aliphatic carbocycles. The van der Waals surface area contributed by atoms with E-state index in [9.17, 15) is 9.59 Å². The molecule has 1 amide bonds. The number of carbonyl (C=O) groups excluding carboxylic acids is 2. The van der Waals surface area contributed by atoms with Gasteiger partial charge in [0.1, 0.15) is 0 Å². The first-order valence-electron chi connectivity index (χ1n) is 5.01. The average molecular weight is 267 g/mol. The van der Waals surface area contributed by atoms with Gasteiger partial charge in [-0.3, -0.25) is 9.59 Å². The van der Waals surface area contributed by atoms with E-state index < -0.39 is 0 Å². The summed E-state index contributed by atoms with van der Waals surface area (Å²) in [5, 5.41) is 0. The molecule has 3 rings (SSSR count). The first-order valence-corrected chi connectivity index (χ1v) is 6.21. The highest BCUT2D eigenvalue weighted by Crippen LogP contribution is 2.30. The van der Waals surface area contributed by atoms with Gasteiger partial charge in [0, 0.05) is 5.69 Å². The van der Waals surface area contributed by atoms with Crippen LogP contribution in [0, 0.1) is 0 Å². The molecule has 0 saturated carbocycles. The maximum absolute atomic E-state index is 11.6. The summed E-state index contributed by atoms with van der Waals surface area (Å²) in [6.45, 7) is 0.164. The fraction of sp³-hybridized carbons (Fsp3) is 0.182. The average Bonchev–Trinajstić information content (AvgIpc) is 2.78. The number of aromatic nitrogens is 1. The van der Waals surface area contributed by atoms with E-state index in [1.165, 1.54) is 16.2 Å². The first kappa shape index (κ1) is 10.7. The van der Waals surface area contributed by atoms with Gasteiger partial charge in [0.15, 0.2) is 10.3 Å². The van der Waals surface area contributed by atoms with E-state index in [-0.39, 0.29) is 24.7 Å². The van der Waals surface area contributed by atoms with Crippen molar-refractivity contribution in [1.82, 2.24) is 4.98 Å². The molecule has 1 aliphatic rings. The van der Waals surface area contributed by atoms with Crippen LogP contribution in [-0.4, -0.2) is 23.2 Å². The van der Waals surface area contributed by atoms with Crippen molar-refractivity contribution in [1.29, 1.82) is 0 Å². The second-order valence-electron chi connectivity index (χ2n) is 3.81. The predicted molar refractivity (Wildman–Crippen MR) is 66.6 cm³/mol.